The number of benzene rings is 1. The van der Waals surface area contributed by atoms with Crippen molar-refractivity contribution in [2.75, 3.05) is 13.2 Å². The highest BCUT2D eigenvalue weighted by Crippen LogP contribution is 2.23. The van der Waals surface area contributed by atoms with Gasteiger partial charge < -0.3 is 14.2 Å². The van der Waals surface area contributed by atoms with E-state index in [0.29, 0.717) is 24.5 Å². The monoisotopic (exact) mass is 270 g/mol. The van der Waals surface area contributed by atoms with Crippen LogP contribution in [-0.2, 0) is 9.47 Å². The molecule has 0 N–H and O–H groups in total. The van der Waals surface area contributed by atoms with Crippen molar-refractivity contribution in [1.29, 1.82) is 0 Å². The molecule has 0 radical (unpaired) electrons. The first-order chi connectivity index (χ1) is 8.46. The van der Waals surface area contributed by atoms with Gasteiger partial charge >= 0.3 is 0 Å². The van der Waals surface area contributed by atoms with Crippen LogP contribution in [0.5, 0.6) is 5.75 Å². The minimum atomic E-state index is -0.539. The van der Waals surface area contributed by atoms with E-state index in [2.05, 4.69) is 0 Å². The molecular weight excluding hydrogens is 256 g/mol. The Kier molecular flexibility index (Phi) is 3.90. The Morgan fingerprint density at radius 3 is 2.61 bits per heavy atom. The number of rotatable bonds is 4. The van der Waals surface area contributed by atoms with Crippen LogP contribution in [0.25, 0.3) is 0 Å². The maximum atomic E-state index is 10.9. The quantitative estimate of drug-likeness (QED) is 0.789. The molecule has 1 atom stereocenters. The first kappa shape index (κ1) is 13.3. The fourth-order valence-electron chi connectivity index (χ4n) is 1.72. The second-order valence-corrected chi connectivity index (χ2v) is 4.90. The second kappa shape index (κ2) is 5.26. The lowest BCUT2D eigenvalue weighted by Crippen LogP contribution is -2.25. The number of ether oxygens (including phenoxy) is 3. The van der Waals surface area contributed by atoms with E-state index in [4.69, 9.17) is 25.8 Å². The average molecular weight is 271 g/mol. The molecule has 5 heteroatoms. The van der Waals surface area contributed by atoms with E-state index in [9.17, 15) is 4.79 Å². The van der Waals surface area contributed by atoms with Crippen LogP contribution in [0.15, 0.2) is 24.3 Å². The third-order valence-electron chi connectivity index (χ3n) is 2.58. The molecule has 18 heavy (non-hydrogen) atoms. The maximum Gasteiger partial charge on any atom is 0.252 e. The van der Waals surface area contributed by atoms with Crippen LogP contribution in [0.1, 0.15) is 24.2 Å². The SMILES string of the molecule is CC1(C)OCC(COc2ccc(C(=O)Cl)cc2)O1. The molecule has 1 saturated heterocycles. The fourth-order valence-corrected chi connectivity index (χ4v) is 1.84. The van der Waals surface area contributed by atoms with Crippen LogP contribution in [0.4, 0.5) is 0 Å². The van der Waals surface area contributed by atoms with Gasteiger partial charge in [0, 0.05) is 5.56 Å². The number of hydrogen-bond donors (Lipinski definition) is 0. The Hall–Kier alpha value is -1.10. The number of carbonyl (C=O) groups excluding carboxylic acids is 1. The summed E-state index contributed by atoms with van der Waals surface area (Å²) in [4.78, 5) is 10.9. The van der Waals surface area contributed by atoms with Gasteiger partial charge in [0.1, 0.15) is 18.5 Å². The van der Waals surface area contributed by atoms with Crippen molar-refractivity contribution in [3.63, 3.8) is 0 Å². The Balaban J connectivity index is 1.85. The summed E-state index contributed by atoms with van der Waals surface area (Å²) in [6.07, 6.45) is -0.0747. The molecule has 0 bridgehead atoms. The first-order valence-corrected chi connectivity index (χ1v) is 6.08. The number of carbonyl (C=O) groups is 1. The number of halogens is 1. The summed E-state index contributed by atoms with van der Waals surface area (Å²) < 4.78 is 16.6. The summed E-state index contributed by atoms with van der Waals surface area (Å²) in [6.45, 7) is 4.67. The van der Waals surface area contributed by atoms with E-state index >= 15 is 0 Å². The van der Waals surface area contributed by atoms with Crippen molar-refractivity contribution in [3.05, 3.63) is 29.8 Å². The molecule has 0 spiro atoms. The van der Waals surface area contributed by atoms with Gasteiger partial charge in [0.05, 0.1) is 6.61 Å². The summed E-state index contributed by atoms with van der Waals surface area (Å²) >= 11 is 5.35. The van der Waals surface area contributed by atoms with Crippen LogP contribution in [0, 0.1) is 0 Å². The van der Waals surface area contributed by atoms with E-state index in [1.54, 1.807) is 24.3 Å². The third-order valence-corrected chi connectivity index (χ3v) is 2.80. The minimum Gasteiger partial charge on any atom is -0.491 e. The van der Waals surface area contributed by atoms with E-state index in [1.807, 2.05) is 13.8 Å². The van der Waals surface area contributed by atoms with Gasteiger partial charge in [-0.1, -0.05) is 0 Å². The maximum absolute atomic E-state index is 10.9. The highest BCUT2D eigenvalue weighted by molar-refractivity contribution is 6.67. The molecule has 1 aromatic carbocycles. The molecule has 0 aromatic heterocycles. The lowest BCUT2D eigenvalue weighted by atomic mass is 10.2. The zero-order valence-corrected chi connectivity index (χ0v) is 11.1. The largest absolute Gasteiger partial charge is 0.491 e. The van der Waals surface area contributed by atoms with Gasteiger partial charge in [-0.25, -0.2) is 0 Å². The van der Waals surface area contributed by atoms with E-state index in [-0.39, 0.29) is 6.10 Å². The van der Waals surface area contributed by atoms with Gasteiger partial charge in [0.25, 0.3) is 5.24 Å². The van der Waals surface area contributed by atoms with Crippen molar-refractivity contribution in [2.45, 2.75) is 25.7 Å². The molecule has 0 saturated carbocycles. The van der Waals surface area contributed by atoms with Gasteiger partial charge in [-0.05, 0) is 49.7 Å². The Morgan fingerprint density at radius 2 is 2.11 bits per heavy atom. The zero-order valence-electron chi connectivity index (χ0n) is 10.3. The standard InChI is InChI=1S/C13H15ClO4/c1-13(2)17-8-11(18-13)7-16-10-5-3-9(4-6-10)12(14)15/h3-6,11H,7-8H2,1-2H3. The second-order valence-electron chi connectivity index (χ2n) is 4.56. The number of hydrogen-bond acceptors (Lipinski definition) is 4. The Labute approximate surface area is 111 Å². The zero-order chi connectivity index (χ0) is 13.2. The van der Waals surface area contributed by atoms with Crippen LogP contribution < -0.4 is 4.74 Å². The molecule has 4 nitrogen and oxygen atoms in total. The minimum absolute atomic E-state index is 0.0747. The Bertz CT molecular complexity index is 427. The normalized spacial score (nSPS) is 21.8. The lowest BCUT2D eigenvalue weighted by Gasteiger charge is -2.17. The van der Waals surface area contributed by atoms with Crippen LogP contribution in [0.2, 0.25) is 0 Å². The van der Waals surface area contributed by atoms with Crippen molar-refractivity contribution >= 4 is 16.8 Å². The van der Waals surface area contributed by atoms with Crippen LogP contribution >= 0.6 is 11.6 Å². The molecule has 1 aliphatic heterocycles. The van der Waals surface area contributed by atoms with Gasteiger partial charge in [0.2, 0.25) is 0 Å². The van der Waals surface area contributed by atoms with E-state index in [0.717, 1.165) is 0 Å². The van der Waals surface area contributed by atoms with Crippen molar-refractivity contribution < 1.29 is 19.0 Å². The van der Waals surface area contributed by atoms with Crippen molar-refractivity contribution in [2.24, 2.45) is 0 Å². The van der Waals surface area contributed by atoms with Crippen LogP contribution in [0.3, 0.4) is 0 Å². The van der Waals surface area contributed by atoms with Crippen molar-refractivity contribution in [3.8, 4) is 5.75 Å². The van der Waals surface area contributed by atoms with Gasteiger partial charge in [-0.3, -0.25) is 4.79 Å². The topological polar surface area (TPSA) is 44.8 Å². The average Bonchev–Trinajstić information content (AvgIpc) is 2.67. The molecule has 2 rings (SSSR count). The van der Waals surface area contributed by atoms with E-state index in [1.165, 1.54) is 0 Å². The third kappa shape index (κ3) is 3.45. The summed E-state index contributed by atoms with van der Waals surface area (Å²) in [6, 6.07) is 6.66. The van der Waals surface area contributed by atoms with Crippen molar-refractivity contribution in [1.82, 2.24) is 0 Å². The molecule has 1 fully saturated rings. The predicted octanol–water partition coefficient (Wildman–Crippen LogP) is 2.60. The summed E-state index contributed by atoms with van der Waals surface area (Å²) in [5.41, 5.74) is 0.450. The molecular formula is C13H15ClO4. The highest BCUT2D eigenvalue weighted by Gasteiger charge is 2.32. The molecule has 0 amide bonds. The lowest BCUT2D eigenvalue weighted by molar-refractivity contribution is -0.141. The molecule has 98 valence electrons. The summed E-state index contributed by atoms with van der Waals surface area (Å²) in [7, 11) is 0. The van der Waals surface area contributed by atoms with Gasteiger partial charge in [0.15, 0.2) is 5.79 Å². The van der Waals surface area contributed by atoms with Gasteiger partial charge in [-0.2, -0.15) is 0 Å². The fraction of sp³-hybridized carbons (Fsp3) is 0.462. The molecule has 1 heterocycles. The predicted molar refractivity (Wildman–Crippen MR) is 67.0 cm³/mol. The first-order valence-electron chi connectivity index (χ1n) is 5.71. The molecule has 1 aromatic rings. The summed E-state index contributed by atoms with van der Waals surface area (Å²) in [5.74, 6) is 0.133. The Morgan fingerprint density at radius 1 is 1.44 bits per heavy atom. The van der Waals surface area contributed by atoms with Gasteiger partial charge in [-0.15, -0.1) is 0 Å². The highest BCUT2D eigenvalue weighted by atomic mass is 35.5. The summed E-state index contributed by atoms with van der Waals surface area (Å²) in [5, 5.41) is -0.476. The smallest absolute Gasteiger partial charge is 0.252 e. The molecule has 1 unspecified atom stereocenters. The molecule has 0 aliphatic carbocycles. The molecule has 1 aliphatic rings. The van der Waals surface area contributed by atoms with Crippen LogP contribution in [-0.4, -0.2) is 30.3 Å². The van der Waals surface area contributed by atoms with E-state index < -0.39 is 11.0 Å².